The van der Waals surface area contributed by atoms with Gasteiger partial charge in [0.15, 0.2) is 5.78 Å². The number of benzene rings is 1. The van der Waals surface area contributed by atoms with Gasteiger partial charge in [-0.3, -0.25) is 4.79 Å². The fraction of sp³-hybridized carbons (Fsp3) is 0.375. The molecular weight excluding hydrogens is 236 g/mol. The summed E-state index contributed by atoms with van der Waals surface area (Å²) in [5, 5.41) is 4.44. The van der Waals surface area contributed by atoms with Gasteiger partial charge in [-0.25, -0.2) is 4.68 Å². The van der Waals surface area contributed by atoms with E-state index >= 15 is 0 Å². The Hall–Kier alpha value is -1.90. The van der Waals surface area contributed by atoms with Crippen LogP contribution in [-0.4, -0.2) is 15.6 Å². The summed E-state index contributed by atoms with van der Waals surface area (Å²) in [4.78, 5) is 12.0. The zero-order valence-electron chi connectivity index (χ0n) is 11.6. The van der Waals surface area contributed by atoms with E-state index in [4.69, 9.17) is 0 Å². The lowest BCUT2D eigenvalue weighted by Gasteiger charge is -2.19. The maximum Gasteiger partial charge on any atom is 0.166 e. The first-order chi connectivity index (χ1) is 9.06. The Morgan fingerprint density at radius 1 is 1.26 bits per heavy atom. The van der Waals surface area contributed by atoms with E-state index in [1.54, 1.807) is 6.20 Å². The van der Waals surface area contributed by atoms with Crippen LogP contribution in [0.5, 0.6) is 0 Å². The van der Waals surface area contributed by atoms with E-state index in [0.717, 1.165) is 23.4 Å². The number of ketones is 1. The molecule has 3 heteroatoms. The molecule has 1 aliphatic carbocycles. The molecule has 98 valence electrons. The van der Waals surface area contributed by atoms with Gasteiger partial charge >= 0.3 is 0 Å². The highest BCUT2D eigenvalue weighted by Crippen LogP contribution is 2.28. The number of rotatable bonds is 1. The van der Waals surface area contributed by atoms with E-state index in [1.165, 1.54) is 11.1 Å². The molecule has 1 heterocycles. The third-order valence-electron chi connectivity index (χ3n) is 3.83. The van der Waals surface area contributed by atoms with Crippen molar-refractivity contribution in [1.29, 1.82) is 0 Å². The van der Waals surface area contributed by atoms with E-state index in [2.05, 4.69) is 44.1 Å². The van der Waals surface area contributed by atoms with Gasteiger partial charge in [0.1, 0.15) is 0 Å². The van der Waals surface area contributed by atoms with Crippen molar-refractivity contribution in [2.75, 3.05) is 0 Å². The van der Waals surface area contributed by atoms with Crippen molar-refractivity contribution in [2.24, 2.45) is 5.92 Å². The minimum atomic E-state index is 0.227. The Morgan fingerprint density at radius 2 is 2.05 bits per heavy atom. The quantitative estimate of drug-likeness (QED) is 0.783. The maximum absolute atomic E-state index is 12.0. The average Bonchev–Trinajstić information content (AvgIpc) is 2.73. The van der Waals surface area contributed by atoms with Crippen molar-refractivity contribution in [2.45, 2.75) is 33.6 Å². The summed E-state index contributed by atoms with van der Waals surface area (Å²) in [6, 6.07) is 6.32. The topological polar surface area (TPSA) is 34.9 Å². The molecule has 0 unspecified atom stereocenters. The summed E-state index contributed by atoms with van der Waals surface area (Å²) in [7, 11) is 0. The summed E-state index contributed by atoms with van der Waals surface area (Å²) in [5.41, 5.74) is 5.38. The van der Waals surface area contributed by atoms with Gasteiger partial charge in [0.2, 0.25) is 0 Å². The molecule has 0 amide bonds. The fourth-order valence-corrected chi connectivity index (χ4v) is 2.88. The first-order valence-corrected chi connectivity index (χ1v) is 6.74. The van der Waals surface area contributed by atoms with Gasteiger partial charge in [-0.1, -0.05) is 24.6 Å². The number of nitrogens with zero attached hydrogens (tertiary/aromatic N) is 2. The fourth-order valence-electron chi connectivity index (χ4n) is 2.88. The van der Waals surface area contributed by atoms with Gasteiger partial charge < -0.3 is 0 Å². The van der Waals surface area contributed by atoms with Crippen LogP contribution in [0.4, 0.5) is 0 Å². The SMILES string of the molecule is Cc1ccc(-n2ncc3c2C[C@@H](C)CC3=O)c(C)c1. The van der Waals surface area contributed by atoms with Crippen molar-refractivity contribution >= 4 is 5.78 Å². The second-order valence-electron chi connectivity index (χ2n) is 5.64. The smallest absolute Gasteiger partial charge is 0.166 e. The molecule has 0 bridgehead atoms. The molecule has 0 fully saturated rings. The van der Waals surface area contributed by atoms with Crippen LogP contribution in [0.15, 0.2) is 24.4 Å². The highest BCUT2D eigenvalue weighted by Gasteiger charge is 2.26. The van der Waals surface area contributed by atoms with Crippen molar-refractivity contribution in [3.8, 4) is 5.69 Å². The largest absolute Gasteiger partial charge is 0.294 e. The van der Waals surface area contributed by atoms with Gasteiger partial charge in [-0.15, -0.1) is 0 Å². The Morgan fingerprint density at radius 3 is 2.79 bits per heavy atom. The van der Waals surface area contributed by atoms with E-state index in [1.807, 2.05) is 4.68 Å². The van der Waals surface area contributed by atoms with Crippen LogP contribution < -0.4 is 0 Å². The highest BCUT2D eigenvalue weighted by molar-refractivity contribution is 5.98. The highest BCUT2D eigenvalue weighted by atomic mass is 16.1. The number of aromatic nitrogens is 2. The summed E-state index contributed by atoms with van der Waals surface area (Å²) < 4.78 is 1.94. The van der Waals surface area contributed by atoms with Crippen LogP contribution in [0.3, 0.4) is 0 Å². The number of carbonyl (C=O) groups excluding carboxylic acids is 1. The zero-order chi connectivity index (χ0) is 13.6. The van der Waals surface area contributed by atoms with Crippen molar-refractivity contribution < 1.29 is 4.79 Å². The molecule has 3 rings (SSSR count). The number of carbonyl (C=O) groups is 1. The molecule has 1 atom stereocenters. The summed E-state index contributed by atoms with van der Waals surface area (Å²) in [6.07, 6.45) is 3.29. The first kappa shape index (κ1) is 12.2. The van der Waals surface area contributed by atoms with Gasteiger partial charge in [0, 0.05) is 6.42 Å². The molecule has 2 aromatic rings. The number of hydrogen-bond donors (Lipinski definition) is 0. The summed E-state index contributed by atoms with van der Waals surface area (Å²) in [6.45, 7) is 6.30. The average molecular weight is 254 g/mol. The van der Waals surface area contributed by atoms with Gasteiger partial charge in [0.25, 0.3) is 0 Å². The molecule has 1 aromatic carbocycles. The second kappa shape index (κ2) is 4.34. The van der Waals surface area contributed by atoms with E-state index in [9.17, 15) is 4.79 Å². The van der Waals surface area contributed by atoms with E-state index in [-0.39, 0.29) is 5.78 Å². The van der Waals surface area contributed by atoms with Crippen molar-refractivity contribution in [3.05, 3.63) is 46.8 Å². The first-order valence-electron chi connectivity index (χ1n) is 6.74. The van der Waals surface area contributed by atoms with Crippen LogP contribution in [-0.2, 0) is 6.42 Å². The zero-order valence-corrected chi connectivity index (χ0v) is 11.6. The predicted molar refractivity (Wildman–Crippen MR) is 74.9 cm³/mol. The summed E-state index contributed by atoms with van der Waals surface area (Å²) in [5.74, 6) is 0.631. The van der Waals surface area contributed by atoms with E-state index < -0.39 is 0 Å². The van der Waals surface area contributed by atoms with Gasteiger partial charge in [-0.2, -0.15) is 5.10 Å². The van der Waals surface area contributed by atoms with Crippen molar-refractivity contribution in [3.63, 3.8) is 0 Å². The molecule has 1 aromatic heterocycles. The molecule has 1 aliphatic rings. The number of hydrogen-bond acceptors (Lipinski definition) is 2. The van der Waals surface area contributed by atoms with Crippen molar-refractivity contribution in [1.82, 2.24) is 9.78 Å². The predicted octanol–water partition coefficient (Wildman–Crippen LogP) is 3.25. The molecule has 19 heavy (non-hydrogen) atoms. The third-order valence-corrected chi connectivity index (χ3v) is 3.83. The Bertz CT molecular complexity index is 655. The minimum absolute atomic E-state index is 0.227. The molecule has 0 saturated carbocycles. The molecule has 0 N–H and O–H groups in total. The van der Waals surface area contributed by atoms with Crippen LogP contribution in [0.25, 0.3) is 5.69 Å². The molecule has 3 nitrogen and oxygen atoms in total. The monoisotopic (exact) mass is 254 g/mol. The molecule has 0 spiro atoms. The molecule has 0 radical (unpaired) electrons. The van der Waals surface area contributed by atoms with Crippen LogP contribution in [0.1, 0.15) is 40.5 Å². The maximum atomic E-state index is 12.0. The summed E-state index contributed by atoms with van der Waals surface area (Å²) >= 11 is 0. The third kappa shape index (κ3) is 1.99. The minimum Gasteiger partial charge on any atom is -0.294 e. The Balaban J connectivity index is 2.14. The Kier molecular flexibility index (Phi) is 2.77. The van der Waals surface area contributed by atoms with E-state index in [0.29, 0.717) is 12.3 Å². The lowest BCUT2D eigenvalue weighted by atomic mass is 9.88. The lowest BCUT2D eigenvalue weighted by molar-refractivity contribution is 0.0952. The van der Waals surface area contributed by atoms with Crippen LogP contribution in [0.2, 0.25) is 0 Å². The van der Waals surface area contributed by atoms with Gasteiger partial charge in [-0.05, 0) is 37.8 Å². The second-order valence-corrected chi connectivity index (χ2v) is 5.64. The number of fused-ring (bicyclic) bond motifs is 1. The number of aryl methyl sites for hydroxylation is 2. The molecule has 0 aliphatic heterocycles. The lowest BCUT2D eigenvalue weighted by Crippen LogP contribution is -2.19. The Labute approximate surface area is 113 Å². The standard InChI is InChI=1S/C16H18N2O/c1-10-4-5-14(12(3)6-10)18-15-7-11(2)8-16(19)13(15)9-17-18/h4-6,9,11H,7-8H2,1-3H3/t11-/m1/s1. The molecular formula is C16H18N2O. The van der Waals surface area contributed by atoms with Gasteiger partial charge in [0.05, 0.1) is 23.1 Å². The number of Topliss-reactive ketones (excluding diaryl/α,β-unsaturated/α-hetero) is 1. The molecule has 0 saturated heterocycles. The van der Waals surface area contributed by atoms with Crippen LogP contribution in [0, 0.1) is 19.8 Å². The van der Waals surface area contributed by atoms with Crippen LogP contribution >= 0.6 is 0 Å². The normalized spacial score (nSPS) is 18.5.